The molecule has 0 saturated carbocycles. The van der Waals surface area contributed by atoms with Crippen molar-refractivity contribution < 1.29 is 23.4 Å². The summed E-state index contributed by atoms with van der Waals surface area (Å²) in [7, 11) is 0. The molecular weight excluding hydrogens is 462 g/mol. The van der Waals surface area contributed by atoms with Crippen molar-refractivity contribution in [1.82, 2.24) is 14.8 Å². The first-order valence-corrected chi connectivity index (χ1v) is 11.4. The fraction of sp³-hybridized carbons (Fsp3) is 0.208. The van der Waals surface area contributed by atoms with E-state index in [0.29, 0.717) is 29.4 Å². The molecule has 10 heteroatoms. The third-order valence-electron chi connectivity index (χ3n) is 4.86. The van der Waals surface area contributed by atoms with Crippen LogP contribution in [0, 0.1) is 5.92 Å². The average molecular weight is 485 g/mol. The number of benzene rings is 1. The van der Waals surface area contributed by atoms with Crippen molar-refractivity contribution >= 4 is 28.9 Å². The van der Waals surface area contributed by atoms with Crippen molar-refractivity contribution in [3.63, 3.8) is 0 Å². The van der Waals surface area contributed by atoms with Crippen LogP contribution in [0.3, 0.4) is 0 Å². The monoisotopic (exact) mass is 484 g/mol. The molecule has 0 aliphatic rings. The summed E-state index contributed by atoms with van der Waals surface area (Å²) in [5.74, 6) is -0.265. The van der Waals surface area contributed by atoms with E-state index in [0.717, 1.165) is 10.6 Å². The zero-order chi connectivity index (χ0) is 24.2. The van der Waals surface area contributed by atoms with Gasteiger partial charge in [-0.25, -0.2) is 14.5 Å². The maximum Gasteiger partial charge on any atom is 0.387 e. The molecule has 0 atom stereocenters. The molecule has 0 unspecified atom stereocenters. The molecule has 2 N–H and O–H groups in total. The van der Waals surface area contributed by atoms with Gasteiger partial charge in [0.15, 0.2) is 5.82 Å². The molecule has 3 heterocycles. The lowest BCUT2D eigenvalue weighted by atomic mass is 10.1. The largest absolute Gasteiger partial charge is 0.478 e. The number of carboxylic acids is 1. The summed E-state index contributed by atoms with van der Waals surface area (Å²) in [6, 6.07) is 13.4. The molecule has 0 radical (unpaired) electrons. The summed E-state index contributed by atoms with van der Waals surface area (Å²) >= 11 is 1.49. The third kappa shape index (κ3) is 5.40. The van der Waals surface area contributed by atoms with Gasteiger partial charge in [0.05, 0.1) is 5.69 Å². The summed E-state index contributed by atoms with van der Waals surface area (Å²) < 4.78 is 31.5. The number of hydrogen-bond acceptors (Lipinski definition) is 6. The Bertz CT molecular complexity index is 1290. The second-order valence-corrected chi connectivity index (χ2v) is 8.88. The predicted octanol–water partition coefficient (Wildman–Crippen LogP) is 6.24. The van der Waals surface area contributed by atoms with Gasteiger partial charge in [-0.15, -0.1) is 16.4 Å². The number of thiophene rings is 1. The van der Waals surface area contributed by atoms with E-state index in [2.05, 4.69) is 20.1 Å². The van der Waals surface area contributed by atoms with Crippen LogP contribution in [0.4, 0.5) is 20.4 Å². The lowest BCUT2D eigenvalue weighted by Gasteiger charge is -2.11. The fourth-order valence-electron chi connectivity index (χ4n) is 3.49. The maximum absolute atomic E-state index is 12.7. The standard InChI is InChI=1S/C24H22F2N4O3S/c1-14(2)9-17-12-21(29-30(17)16-5-3-6-18(11-16)33-24(25)26)28-22-19(23(31)32)10-15(13-27-22)20-7-4-8-34-20/h3-8,10-14,24H,9H2,1-2H3,(H,31,32)(H,27,28,29). The van der Waals surface area contributed by atoms with Crippen LogP contribution in [0.2, 0.25) is 0 Å². The number of carboxylic acid groups (broad SMARTS) is 1. The normalized spacial score (nSPS) is 11.2. The number of ether oxygens (including phenoxy) is 1. The minimum atomic E-state index is -2.93. The molecule has 4 aromatic rings. The van der Waals surface area contributed by atoms with Crippen molar-refractivity contribution in [2.45, 2.75) is 26.9 Å². The van der Waals surface area contributed by atoms with Gasteiger partial charge >= 0.3 is 12.6 Å². The second kappa shape index (κ2) is 10.0. The molecular formula is C24H22F2N4O3S. The highest BCUT2D eigenvalue weighted by Crippen LogP contribution is 2.29. The molecule has 4 rings (SSSR count). The summed E-state index contributed by atoms with van der Waals surface area (Å²) in [4.78, 5) is 17.2. The second-order valence-electron chi connectivity index (χ2n) is 7.93. The number of nitrogens with zero attached hydrogens (tertiary/aromatic N) is 3. The van der Waals surface area contributed by atoms with E-state index in [1.165, 1.54) is 23.5 Å². The van der Waals surface area contributed by atoms with E-state index in [1.54, 1.807) is 35.1 Å². The SMILES string of the molecule is CC(C)Cc1cc(Nc2ncc(-c3cccs3)cc2C(=O)O)nn1-c1cccc(OC(F)F)c1. The van der Waals surface area contributed by atoms with Crippen molar-refractivity contribution in [3.05, 3.63) is 71.4 Å². The average Bonchev–Trinajstić information content (AvgIpc) is 3.44. The first-order chi connectivity index (χ1) is 16.3. The van der Waals surface area contributed by atoms with E-state index < -0.39 is 12.6 Å². The number of aromatic nitrogens is 3. The molecule has 0 saturated heterocycles. The first-order valence-electron chi connectivity index (χ1n) is 10.5. The van der Waals surface area contributed by atoms with Crippen molar-refractivity contribution in [2.24, 2.45) is 5.92 Å². The van der Waals surface area contributed by atoms with E-state index in [9.17, 15) is 18.7 Å². The minimum absolute atomic E-state index is 0.0122. The minimum Gasteiger partial charge on any atom is -0.478 e. The van der Waals surface area contributed by atoms with Crippen LogP contribution >= 0.6 is 11.3 Å². The highest BCUT2D eigenvalue weighted by atomic mass is 32.1. The summed E-state index contributed by atoms with van der Waals surface area (Å²) in [5, 5.41) is 19.2. The van der Waals surface area contributed by atoms with Gasteiger partial charge in [-0.3, -0.25) is 0 Å². The van der Waals surface area contributed by atoms with Gasteiger partial charge in [0.1, 0.15) is 17.1 Å². The van der Waals surface area contributed by atoms with Crippen molar-refractivity contribution in [2.75, 3.05) is 5.32 Å². The smallest absolute Gasteiger partial charge is 0.387 e. The number of pyridine rings is 1. The van der Waals surface area contributed by atoms with Crippen LogP contribution in [0.25, 0.3) is 16.1 Å². The number of carbonyl (C=O) groups is 1. The summed E-state index contributed by atoms with van der Waals surface area (Å²) in [5.41, 5.74) is 2.08. The van der Waals surface area contributed by atoms with Crippen LogP contribution in [0.1, 0.15) is 29.9 Å². The van der Waals surface area contributed by atoms with Gasteiger partial charge in [-0.1, -0.05) is 26.0 Å². The number of aromatic carboxylic acids is 1. The highest BCUT2D eigenvalue weighted by molar-refractivity contribution is 7.13. The lowest BCUT2D eigenvalue weighted by molar-refractivity contribution is -0.0498. The van der Waals surface area contributed by atoms with Gasteiger partial charge in [-0.05, 0) is 42.0 Å². The van der Waals surface area contributed by atoms with Crippen LogP contribution in [-0.2, 0) is 6.42 Å². The van der Waals surface area contributed by atoms with Gasteiger partial charge in [0.25, 0.3) is 0 Å². The number of anilines is 2. The molecule has 34 heavy (non-hydrogen) atoms. The highest BCUT2D eigenvalue weighted by Gasteiger charge is 2.18. The van der Waals surface area contributed by atoms with Crippen molar-refractivity contribution in [3.8, 4) is 21.9 Å². The Morgan fingerprint density at radius 2 is 2.03 bits per heavy atom. The molecule has 0 bridgehead atoms. The van der Waals surface area contributed by atoms with E-state index >= 15 is 0 Å². The zero-order valence-corrected chi connectivity index (χ0v) is 19.2. The van der Waals surface area contributed by atoms with E-state index in [-0.39, 0.29) is 17.1 Å². The van der Waals surface area contributed by atoms with Crippen LogP contribution in [0.5, 0.6) is 5.75 Å². The molecule has 0 aliphatic heterocycles. The zero-order valence-electron chi connectivity index (χ0n) is 18.4. The van der Waals surface area contributed by atoms with Crippen LogP contribution < -0.4 is 10.1 Å². The van der Waals surface area contributed by atoms with Crippen molar-refractivity contribution in [1.29, 1.82) is 0 Å². The van der Waals surface area contributed by atoms with Gasteiger partial charge in [0.2, 0.25) is 0 Å². The summed E-state index contributed by atoms with van der Waals surface area (Å²) in [6.45, 7) is 1.17. The van der Waals surface area contributed by atoms with E-state index in [4.69, 9.17) is 0 Å². The first kappa shape index (κ1) is 23.4. The molecule has 0 fully saturated rings. The molecule has 176 valence electrons. The Morgan fingerprint density at radius 1 is 1.21 bits per heavy atom. The maximum atomic E-state index is 12.7. The topological polar surface area (TPSA) is 89.3 Å². The Labute approximate surface area is 198 Å². The quantitative estimate of drug-likeness (QED) is 0.292. The van der Waals surface area contributed by atoms with E-state index in [1.807, 2.05) is 31.4 Å². The molecule has 7 nitrogen and oxygen atoms in total. The number of alkyl halides is 2. The van der Waals surface area contributed by atoms with Crippen LogP contribution in [0.15, 0.2) is 60.1 Å². The molecule has 0 amide bonds. The predicted molar refractivity (Wildman–Crippen MR) is 127 cm³/mol. The Kier molecular flexibility index (Phi) is 6.87. The third-order valence-corrected chi connectivity index (χ3v) is 5.78. The van der Waals surface area contributed by atoms with Crippen LogP contribution in [-0.4, -0.2) is 32.5 Å². The van der Waals surface area contributed by atoms with Gasteiger partial charge < -0.3 is 15.2 Å². The van der Waals surface area contributed by atoms with Gasteiger partial charge in [-0.2, -0.15) is 8.78 Å². The Hall–Kier alpha value is -3.79. The number of rotatable bonds is 9. The Morgan fingerprint density at radius 3 is 2.71 bits per heavy atom. The Balaban J connectivity index is 1.69. The molecule has 0 spiro atoms. The molecule has 1 aromatic carbocycles. The number of halogens is 2. The fourth-order valence-corrected chi connectivity index (χ4v) is 4.19. The number of hydrogen-bond donors (Lipinski definition) is 2. The lowest BCUT2D eigenvalue weighted by Crippen LogP contribution is -2.07. The number of nitrogens with one attached hydrogen (secondary N) is 1. The molecule has 0 aliphatic carbocycles. The summed E-state index contributed by atoms with van der Waals surface area (Å²) in [6.07, 6.45) is 2.27. The van der Waals surface area contributed by atoms with Gasteiger partial charge in [0, 0.05) is 34.5 Å². The molecule has 3 aromatic heterocycles.